The molecular weight excluding hydrogens is 375 g/mol. The van der Waals surface area contributed by atoms with E-state index in [0.29, 0.717) is 23.9 Å². The number of hydrogen-bond acceptors (Lipinski definition) is 2. The second-order valence-electron chi connectivity index (χ2n) is 5.24. The molecule has 118 valence electrons. The Bertz CT molecular complexity index is 465. The zero-order chi connectivity index (χ0) is 14.4. The minimum atomic E-state index is 0. The van der Waals surface area contributed by atoms with E-state index in [1.165, 1.54) is 12.8 Å². The van der Waals surface area contributed by atoms with E-state index in [1.54, 1.807) is 0 Å². The van der Waals surface area contributed by atoms with Crippen LogP contribution in [0.1, 0.15) is 31.2 Å². The van der Waals surface area contributed by atoms with Crippen LogP contribution in [0.5, 0.6) is 0 Å². The molecular formula is C15H21BrCl2N2O. The molecule has 1 heterocycles. The van der Waals surface area contributed by atoms with Crippen molar-refractivity contribution in [2.75, 3.05) is 13.1 Å². The smallest absolute Gasteiger partial charge is 0.220 e. The Balaban J connectivity index is 0.00000220. The zero-order valence-corrected chi connectivity index (χ0v) is 15.0. The molecule has 2 N–H and O–H groups in total. The van der Waals surface area contributed by atoms with Gasteiger partial charge in [-0.1, -0.05) is 33.6 Å². The highest BCUT2D eigenvalue weighted by Crippen LogP contribution is 2.21. The van der Waals surface area contributed by atoms with Crippen LogP contribution in [0, 0.1) is 5.92 Å². The predicted octanol–water partition coefficient (Wildman–Crippen LogP) is 3.92. The molecule has 2 rings (SSSR count). The summed E-state index contributed by atoms with van der Waals surface area (Å²) in [6.07, 6.45) is 3.97. The van der Waals surface area contributed by atoms with E-state index in [9.17, 15) is 4.79 Å². The van der Waals surface area contributed by atoms with Crippen LogP contribution in [0.25, 0.3) is 0 Å². The third-order valence-electron chi connectivity index (χ3n) is 3.73. The topological polar surface area (TPSA) is 41.1 Å². The molecule has 1 amide bonds. The van der Waals surface area contributed by atoms with Crippen molar-refractivity contribution in [2.24, 2.45) is 5.92 Å². The van der Waals surface area contributed by atoms with Crippen molar-refractivity contribution in [2.45, 2.75) is 32.2 Å². The molecule has 1 saturated heterocycles. The number of carbonyl (C=O) groups is 1. The van der Waals surface area contributed by atoms with Gasteiger partial charge in [-0.2, -0.15) is 0 Å². The van der Waals surface area contributed by atoms with Gasteiger partial charge in [-0.25, -0.2) is 0 Å². The molecule has 0 aromatic heterocycles. The van der Waals surface area contributed by atoms with Crippen LogP contribution in [0.2, 0.25) is 5.02 Å². The third-order valence-corrected chi connectivity index (χ3v) is 4.57. The minimum absolute atomic E-state index is 0. The molecule has 1 aromatic carbocycles. The fourth-order valence-electron chi connectivity index (χ4n) is 2.45. The van der Waals surface area contributed by atoms with Gasteiger partial charge < -0.3 is 10.6 Å². The van der Waals surface area contributed by atoms with E-state index >= 15 is 0 Å². The number of hydrogen-bond donors (Lipinski definition) is 2. The molecule has 0 unspecified atom stereocenters. The molecule has 6 heteroatoms. The summed E-state index contributed by atoms with van der Waals surface area (Å²) >= 11 is 9.49. The van der Waals surface area contributed by atoms with Crippen molar-refractivity contribution < 1.29 is 4.79 Å². The number of halogens is 3. The number of rotatable bonds is 5. The summed E-state index contributed by atoms with van der Waals surface area (Å²) in [5, 5.41) is 6.96. The second-order valence-corrected chi connectivity index (χ2v) is 6.57. The van der Waals surface area contributed by atoms with Crippen molar-refractivity contribution in [3.63, 3.8) is 0 Å². The summed E-state index contributed by atoms with van der Waals surface area (Å²) in [5.74, 6) is 0.806. The number of amides is 1. The fourth-order valence-corrected chi connectivity index (χ4v) is 3.19. The Morgan fingerprint density at radius 1 is 1.38 bits per heavy atom. The molecule has 1 fully saturated rings. The highest BCUT2D eigenvalue weighted by molar-refractivity contribution is 9.10. The summed E-state index contributed by atoms with van der Waals surface area (Å²) in [6, 6.07) is 5.71. The zero-order valence-electron chi connectivity index (χ0n) is 11.8. The van der Waals surface area contributed by atoms with Crippen molar-refractivity contribution in [1.82, 2.24) is 10.6 Å². The number of nitrogens with one attached hydrogen (secondary N) is 2. The monoisotopic (exact) mass is 394 g/mol. The SMILES string of the molecule is Cl.O=C(CCC1CCNCC1)NCc1ccc(Br)cc1Cl. The molecule has 1 aliphatic heterocycles. The van der Waals surface area contributed by atoms with E-state index in [-0.39, 0.29) is 18.3 Å². The van der Waals surface area contributed by atoms with Crippen LogP contribution in [-0.2, 0) is 11.3 Å². The van der Waals surface area contributed by atoms with Crippen LogP contribution >= 0.6 is 39.9 Å². The molecule has 0 bridgehead atoms. The van der Waals surface area contributed by atoms with Crippen LogP contribution in [0.3, 0.4) is 0 Å². The largest absolute Gasteiger partial charge is 0.352 e. The van der Waals surface area contributed by atoms with Gasteiger partial charge in [0.15, 0.2) is 0 Å². The quantitative estimate of drug-likeness (QED) is 0.793. The van der Waals surface area contributed by atoms with Gasteiger partial charge in [0, 0.05) is 22.5 Å². The van der Waals surface area contributed by atoms with Gasteiger partial charge in [0.05, 0.1) is 0 Å². The summed E-state index contributed by atoms with van der Waals surface area (Å²) < 4.78 is 0.948. The molecule has 21 heavy (non-hydrogen) atoms. The maximum atomic E-state index is 11.9. The lowest BCUT2D eigenvalue weighted by Gasteiger charge is -2.22. The molecule has 1 aliphatic rings. The molecule has 1 aromatic rings. The molecule has 0 aliphatic carbocycles. The molecule has 0 spiro atoms. The summed E-state index contributed by atoms with van der Waals surface area (Å²) in [7, 11) is 0. The van der Waals surface area contributed by atoms with Gasteiger partial charge in [0.1, 0.15) is 0 Å². The Morgan fingerprint density at radius 3 is 2.76 bits per heavy atom. The normalized spacial score (nSPS) is 15.3. The standard InChI is InChI=1S/C15H20BrClN2O.ClH/c16-13-3-2-12(14(17)9-13)10-19-15(20)4-1-11-5-7-18-8-6-11;/h2-3,9,11,18H,1,4-8,10H2,(H,19,20);1H. The summed E-state index contributed by atoms with van der Waals surface area (Å²) in [4.78, 5) is 11.9. The van der Waals surface area contributed by atoms with Gasteiger partial charge >= 0.3 is 0 Å². The number of piperidine rings is 1. The van der Waals surface area contributed by atoms with Crippen molar-refractivity contribution in [1.29, 1.82) is 0 Å². The van der Waals surface area contributed by atoms with Gasteiger partial charge in [-0.15, -0.1) is 12.4 Å². The van der Waals surface area contributed by atoms with Crippen LogP contribution in [0.15, 0.2) is 22.7 Å². The maximum absolute atomic E-state index is 11.9. The average molecular weight is 396 g/mol. The third kappa shape index (κ3) is 6.55. The molecule has 3 nitrogen and oxygen atoms in total. The first-order chi connectivity index (χ1) is 9.65. The highest BCUT2D eigenvalue weighted by atomic mass is 79.9. The first-order valence-corrected chi connectivity index (χ1v) is 8.23. The van der Waals surface area contributed by atoms with E-state index < -0.39 is 0 Å². The Hall–Kier alpha value is -0.290. The van der Waals surface area contributed by atoms with Gasteiger partial charge in [-0.3, -0.25) is 4.79 Å². The average Bonchev–Trinajstić information content (AvgIpc) is 2.45. The van der Waals surface area contributed by atoms with E-state index in [1.807, 2.05) is 18.2 Å². The van der Waals surface area contributed by atoms with Gasteiger partial charge in [-0.05, 0) is 56.0 Å². The second kappa shape index (κ2) is 9.67. The fraction of sp³-hybridized carbons (Fsp3) is 0.533. The summed E-state index contributed by atoms with van der Waals surface area (Å²) in [5.41, 5.74) is 0.949. The molecule has 0 atom stereocenters. The Labute approximate surface area is 145 Å². The first kappa shape index (κ1) is 18.8. The van der Waals surface area contributed by atoms with Crippen molar-refractivity contribution in [3.05, 3.63) is 33.3 Å². The van der Waals surface area contributed by atoms with E-state index in [4.69, 9.17) is 11.6 Å². The van der Waals surface area contributed by atoms with E-state index in [0.717, 1.165) is 29.5 Å². The van der Waals surface area contributed by atoms with E-state index in [2.05, 4.69) is 26.6 Å². The molecule has 0 saturated carbocycles. The number of carbonyl (C=O) groups excluding carboxylic acids is 1. The van der Waals surface area contributed by atoms with Gasteiger partial charge in [0.25, 0.3) is 0 Å². The van der Waals surface area contributed by atoms with Crippen molar-refractivity contribution in [3.8, 4) is 0 Å². The lowest BCUT2D eigenvalue weighted by Crippen LogP contribution is -2.29. The predicted molar refractivity (Wildman–Crippen MR) is 93.1 cm³/mol. The Kier molecular flexibility index (Phi) is 8.64. The first-order valence-electron chi connectivity index (χ1n) is 7.06. The lowest BCUT2D eigenvalue weighted by molar-refractivity contribution is -0.121. The van der Waals surface area contributed by atoms with Crippen LogP contribution < -0.4 is 10.6 Å². The van der Waals surface area contributed by atoms with Crippen molar-refractivity contribution >= 4 is 45.8 Å². The minimum Gasteiger partial charge on any atom is -0.352 e. The maximum Gasteiger partial charge on any atom is 0.220 e. The van der Waals surface area contributed by atoms with Crippen LogP contribution in [-0.4, -0.2) is 19.0 Å². The van der Waals surface area contributed by atoms with Crippen LogP contribution in [0.4, 0.5) is 0 Å². The Morgan fingerprint density at radius 2 is 2.10 bits per heavy atom. The lowest BCUT2D eigenvalue weighted by atomic mass is 9.93. The van der Waals surface area contributed by atoms with Gasteiger partial charge in [0.2, 0.25) is 5.91 Å². The molecule has 0 radical (unpaired) electrons. The summed E-state index contributed by atoms with van der Waals surface area (Å²) in [6.45, 7) is 2.67. The number of benzene rings is 1. The highest BCUT2D eigenvalue weighted by Gasteiger charge is 2.14.